The summed E-state index contributed by atoms with van der Waals surface area (Å²) in [6, 6.07) is 1.73. The van der Waals surface area contributed by atoms with E-state index < -0.39 is 0 Å². The molecule has 17 heavy (non-hydrogen) atoms. The Labute approximate surface area is 110 Å². The predicted molar refractivity (Wildman–Crippen MR) is 73.0 cm³/mol. The van der Waals surface area contributed by atoms with Crippen molar-refractivity contribution in [3.63, 3.8) is 0 Å². The van der Waals surface area contributed by atoms with Gasteiger partial charge in [-0.3, -0.25) is 4.79 Å². The molecule has 4 nitrogen and oxygen atoms in total. The van der Waals surface area contributed by atoms with E-state index in [2.05, 4.69) is 31.5 Å². The van der Waals surface area contributed by atoms with E-state index in [0.29, 0.717) is 5.82 Å². The topological polar surface area (TPSA) is 54.0 Å². The molecule has 1 unspecified atom stereocenters. The van der Waals surface area contributed by atoms with Crippen molar-refractivity contribution in [2.75, 3.05) is 5.32 Å². The molecule has 0 aliphatic carbocycles. The van der Waals surface area contributed by atoms with Crippen LogP contribution in [0.4, 0.5) is 5.82 Å². The maximum Gasteiger partial charge on any atom is 0.242 e. The number of pyridine rings is 1. The van der Waals surface area contributed by atoms with Crippen LogP contribution >= 0.6 is 15.9 Å². The van der Waals surface area contributed by atoms with Gasteiger partial charge in [0.15, 0.2) is 0 Å². The number of aromatic nitrogens is 1. The van der Waals surface area contributed by atoms with Gasteiger partial charge in [0.1, 0.15) is 11.9 Å². The van der Waals surface area contributed by atoms with Gasteiger partial charge < -0.3 is 10.6 Å². The monoisotopic (exact) mass is 299 g/mol. The van der Waals surface area contributed by atoms with E-state index in [0.717, 1.165) is 10.0 Å². The number of nitrogens with zero attached hydrogens (tertiary/aromatic N) is 1. The molecule has 0 spiro atoms. The zero-order chi connectivity index (χ0) is 13.0. The third-order valence-electron chi connectivity index (χ3n) is 2.26. The number of nitrogens with one attached hydrogen (secondary N) is 2. The summed E-state index contributed by atoms with van der Waals surface area (Å²) >= 11 is 3.45. The predicted octanol–water partition coefficient (Wildman–Crippen LogP) is 2.48. The lowest BCUT2D eigenvalue weighted by molar-refractivity contribution is -0.122. The maximum atomic E-state index is 11.7. The minimum absolute atomic E-state index is 0.0322. The molecule has 0 saturated carbocycles. The van der Waals surface area contributed by atoms with Gasteiger partial charge in [-0.25, -0.2) is 4.98 Å². The summed E-state index contributed by atoms with van der Waals surface area (Å²) < 4.78 is 0.893. The second-order valence-electron chi connectivity index (χ2n) is 4.32. The van der Waals surface area contributed by atoms with Crippen LogP contribution in [-0.2, 0) is 4.79 Å². The summed E-state index contributed by atoms with van der Waals surface area (Å²) in [7, 11) is 0. The molecule has 0 fully saturated rings. The molecule has 5 heteroatoms. The van der Waals surface area contributed by atoms with Crippen molar-refractivity contribution in [1.29, 1.82) is 0 Å². The molecule has 0 aliphatic heterocycles. The van der Waals surface area contributed by atoms with Crippen molar-refractivity contribution in [3.05, 3.63) is 22.3 Å². The Bertz CT molecular complexity index is 407. The van der Waals surface area contributed by atoms with Gasteiger partial charge in [0, 0.05) is 12.2 Å². The minimum Gasteiger partial charge on any atom is -0.358 e. The Kier molecular flexibility index (Phi) is 4.93. The largest absolute Gasteiger partial charge is 0.358 e. The van der Waals surface area contributed by atoms with Crippen molar-refractivity contribution < 1.29 is 4.79 Å². The molecule has 0 aliphatic rings. The summed E-state index contributed by atoms with van der Waals surface area (Å²) in [5.74, 6) is 0.659. The van der Waals surface area contributed by atoms with Gasteiger partial charge in [-0.2, -0.15) is 0 Å². The highest BCUT2D eigenvalue weighted by atomic mass is 79.9. The molecule has 0 bridgehead atoms. The average molecular weight is 300 g/mol. The van der Waals surface area contributed by atoms with E-state index >= 15 is 0 Å². The van der Waals surface area contributed by atoms with Crippen molar-refractivity contribution in [2.45, 2.75) is 39.8 Å². The highest BCUT2D eigenvalue weighted by Crippen LogP contribution is 2.23. The average Bonchev–Trinajstić information content (AvgIpc) is 2.23. The van der Waals surface area contributed by atoms with Crippen LogP contribution in [0.5, 0.6) is 0 Å². The minimum atomic E-state index is -0.317. The van der Waals surface area contributed by atoms with Crippen LogP contribution in [0, 0.1) is 6.92 Å². The summed E-state index contributed by atoms with van der Waals surface area (Å²) in [6.07, 6.45) is 1.72. The molecule has 0 saturated heterocycles. The third-order valence-corrected chi connectivity index (χ3v) is 3.26. The zero-order valence-electron chi connectivity index (χ0n) is 10.5. The first-order chi connectivity index (χ1) is 7.91. The van der Waals surface area contributed by atoms with Gasteiger partial charge in [0.2, 0.25) is 5.91 Å². The van der Waals surface area contributed by atoms with Gasteiger partial charge >= 0.3 is 0 Å². The molecule has 0 aromatic carbocycles. The smallest absolute Gasteiger partial charge is 0.242 e. The first-order valence-electron chi connectivity index (χ1n) is 5.59. The zero-order valence-corrected chi connectivity index (χ0v) is 12.1. The number of rotatable bonds is 4. The molecular weight excluding hydrogens is 282 g/mol. The fraction of sp³-hybridized carbons (Fsp3) is 0.500. The van der Waals surface area contributed by atoms with E-state index in [1.807, 2.05) is 33.8 Å². The highest BCUT2D eigenvalue weighted by Gasteiger charge is 2.15. The van der Waals surface area contributed by atoms with E-state index in [1.165, 1.54) is 0 Å². The van der Waals surface area contributed by atoms with Crippen molar-refractivity contribution in [2.24, 2.45) is 0 Å². The number of amides is 1. The number of carbonyl (C=O) groups is 1. The quantitative estimate of drug-likeness (QED) is 0.898. The summed E-state index contributed by atoms with van der Waals surface area (Å²) in [5, 5.41) is 5.94. The number of hydrogen-bond acceptors (Lipinski definition) is 3. The van der Waals surface area contributed by atoms with Gasteiger partial charge in [-0.15, -0.1) is 0 Å². The van der Waals surface area contributed by atoms with E-state index in [9.17, 15) is 4.79 Å². The van der Waals surface area contributed by atoms with E-state index in [4.69, 9.17) is 0 Å². The molecule has 94 valence electrons. The molecular formula is C12H18BrN3O. The van der Waals surface area contributed by atoms with Crippen molar-refractivity contribution >= 4 is 27.7 Å². The molecule has 1 amide bonds. The summed E-state index contributed by atoms with van der Waals surface area (Å²) in [6.45, 7) is 7.67. The SMILES string of the molecule is Cc1ccnc(NC(C)C(=O)NC(C)C)c1Br. The Balaban J connectivity index is 2.71. The Morgan fingerprint density at radius 2 is 2.06 bits per heavy atom. The lowest BCUT2D eigenvalue weighted by Gasteiger charge is -2.17. The molecule has 0 radical (unpaired) electrons. The molecule has 2 N–H and O–H groups in total. The number of halogens is 1. The van der Waals surface area contributed by atoms with Crippen LogP contribution in [0.2, 0.25) is 0 Å². The van der Waals surface area contributed by atoms with Gasteiger partial charge in [0.05, 0.1) is 4.47 Å². The number of hydrogen-bond donors (Lipinski definition) is 2. The standard InChI is InChI=1S/C12H18BrN3O/c1-7(2)15-12(17)9(4)16-11-10(13)8(3)5-6-14-11/h5-7,9H,1-4H3,(H,14,16)(H,15,17). The fourth-order valence-corrected chi connectivity index (χ4v) is 1.67. The summed E-state index contributed by atoms with van der Waals surface area (Å²) in [4.78, 5) is 15.9. The Morgan fingerprint density at radius 3 is 2.65 bits per heavy atom. The lowest BCUT2D eigenvalue weighted by atomic mass is 10.2. The third kappa shape index (κ3) is 4.00. The van der Waals surface area contributed by atoms with Crippen LogP contribution in [0.3, 0.4) is 0 Å². The molecule has 1 aromatic heterocycles. The normalized spacial score (nSPS) is 12.4. The Hall–Kier alpha value is -1.10. The molecule has 1 rings (SSSR count). The fourth-order valence-electron chi connectivity index (χ4n) is 1.32. The van der Waals surface area contributed by atoms with Crippen molar-refractivity contribution in [3.8, 4) is 0 Å². The Morgan fingerprint density at radius 1 is 1.41 bits per heavy atom. The lowest BCUT2D eigenvalue weighted by Crippen LogP contribution is -2.41. The number of aryl methyl sites for hydroxylation is 1. The van der Waals surface area contributed by atoms with Crippen LogP contribution in [0.15, 0.2) is 16.7 Å². The van der Waals surface area contributed by atoms with Gasteiger partial charge in [-0.05, 0) is 55.3 Å². The van der Waals surface area contributed by atoms with Crippen LogP contribution < -0.4 is 10.6 Å². The van der Waals surface area contributed by atoms with Crippen LogP contribution in [-0.4, -0.2) is 23.0 Å². The van der Waals surface area contributed by atoms with E-state index in [1.54, 1.807) is 6.20 Å². The summed E-state index contributed by atoms with van der Waals surface area (Å²) in [5.41, 5.74) is 1.08. The number of anilines is 1. The first-order valence-corrected chi connectivity index (χ1v) is 6.39. The van der Waals surface area contributed by atoms with Gasteiger partial charge in [0.25, 0.3) is 0 Å². The second-order valence-corrected chi connectivity index (χ2v) is 5.11. The molecule has 1 heterocycles. The van der Waals surface area contributed by atoms with Crippen LogP contribution in [0.1, 0.15) is 26.3 Å². The molecule has 1 aromatic rings. The number of carbonyl (C=O) groups excluding carboxylic acids is 1. The second kappa shape index (κ2) is 6.00. The van der Waals surface area contributed by atoms with Gasteiger partial charge in [-0.1, -0.05) is 0 Å². The first kappa shape index (κ1) is 14.0. The van der Waals surface area contributed by atoms with E-state index in [-0.39, 0.29) is 18.0 Å². The highest BCUT2D eigenvalue weighted by molar-refractivity contribution is 9.10. The van der Waals surface area contributed by atoms with Crippen molar-refractivity contribution in [1.82, 2.24) is 10.3 Å². The maximum absolute atomic E-state index is 11.7. The van der Waals surface area contributed by atoms with Crippen LogP contribution in [0.25, 0.3) is 0 Å². The molecule has 1 atom stereocenters.